The molecule has 1 rings (SSSR count). The van der Waals surface area contributed by atoms with Crippen molar-refractivity contribution >= 4 is 39.3 Å². The zero-order chi connectivity index (χ0) is 12.5. The van der Waals surface area contributed by atoms with Crippen LogP contribution in [0.5, 0.6) is 5.75 Å². The van der Waals surface area contributed by atoms with Gasteiger partial charge >= 0.3 is 0 Å². The van der Waals surface area contributed by atoms with Crippen LogP contribution < -0.4 is 10.1 Å². The van der Waals surface area contributed by atoms with Gasteiger partial charge in [-0.25, -0.2) is 0 Å². The van der Waals surface area contributed by atoms with Gasteiger partial charge in [0.05, 0.1) is 18.0 Å². The number of nitrogens with one attached hydrogen (secondary N) is 1. The average molecular weight is 318 g/mol. The molecule has 0 aromatic heterocycles. The van der Waals surface area contributed by atoms with Crippen LogP contribution in [0.4, 0.5) is 5.69 Å². The van der Waals surface area contributed by atoms with Crippen molar-refractivity contribution in [2.24, 2.45) is 0 Å². The quantitative estimate of drug-likeness (QED) is 0.620. The Morgan fingerprint density at radius 2 is 2.24 bits per heavy atom. The third-order valence-corrected chi connectivity index (χ3v) is 3.80. The Morgan fingerprint density at radius 1 is 1.47 bits per heavy atom. The fourth-order valence-electron chi connectivity index (χ4n) is 1.26. The highest BCUT2D eigenvalue weighted by molar-refractivity contribution is 9.09. The molecule has 1 aromatic carbocycles. The number of thioether (sulfide) groups is 1. The molecule has 1 aromatic rings. The van der Waals surface area contributed by atoms with E-state index in [0.717, 1.165) is 16.8 Å². The van der Waals surface area contributed by atoms with E-state index in [2.05, 4.69) is 21.2 Å². The van der Waals surface area contributed by atoms with Gasteiger partial charge in [0.25, 0.3) is 0 Å². The maximum Gasteiger partial charge on any atom is 0.234 e. The lowest BCUT2D eigenvalue weighted by atomic mass is 10.3. The molecule has 5 heteroatoms. The number of amides is 1. The number of para-hydroxylation sites is 2. The number of hydrogen-bond acceptors (Lipinski definition) is 3. The van der Waals surface area contributed by atoms with E-state index >= 15 is 0 Å². The van der Waals surface area contributed by atoms with Gasteiger partial charge in [-0.15, -0.1) is 0 Å². The number of ether oxygens (including phenoxy) is 1. The standard InChI is InChI=1S/C12H16BrNO2S/c1-2-16-11-6-4-3-5-10(11)14-12(15)9-17-8-7-13/h3-6H,2,7-9H2,1H3,(H,14,15). The molecular formula is C12H16BrNO2S. The van der Waals surface area contributed by atoms with Crippen molar-refractivity contribution < 1.29 is 9.53 Å². The molecule has 0 bridgehead atoms. The second kappa shape index (κ2) is 8.42. The van der Waals surface area contributed by atoms with Crippen LogP contribution in [-0.2, 0) is 4.79 Å². The van der Waals surface area contributed by atoms with Gasteiger partial charge in [0.2, 0.25) is 5.91 Å². The summed E-state index contributed by atoms with van der Waals surface area (Å²) in [4.78, 5) is 11.6. The molecule has 0 atom stereocenters. The van der Waals surface area contributed by atoms with E-state index < -0.39 is 0 Å². The first-order valence-electron chi connectivity index (χ1n) is 5.43. The smallest absolute Gasteiger partial charge is 0.234 e. The van der Waals surface area contributed by atoms with E-state index in [0.29, 0.717) is 18.1 Å². The van der Waals surface area contributed by atoms with Crippen molar-refractivity contribution in [2.75, 3.05) is 28.8 Å². The van der Waals surface area contributed by atoms with Crippen LogP contribution in [-0.4, -0.2) is 29.3 Å². The summed E-state index contributed by atoms with van der Waals surface area (Å²) >= 11 is 4.93. The zero-order valence-electron chi connectivity index (χ0n) is 9.74. The van der Waals surface area contributed by atoms with Crippen LogP contribution >= 0.6 is 27.7 Å². The van der Waals surface area contributed by atoms with Gasteiger partial charge in [0.1, 0.15) is 5.75 Å². The normalized spacial score (nSPS) is 10.0. The maximum absolute atomic E-state index is 11.6. The van der Waals surface area contributed by atoms with Gasteiger partial charge in [0.15, 0.2) is 0 Å². The summed E-state index contributed by atoms with van der Waals surface area (Å²) in [5.74, 6) is 2.11. The van der Waals surface area contributed by atoms with Crippen molar-refractivity contribution in [1.29, 1.82) is 0 Å². The number of anilines is 1. The van der Waals surface area contributed by atoms with Crippen LogP contribution in [0.25, 0.3) is 0 Å². The largest absolute Gasteiger partial charge is 0.492 e. The van der Waals surface area contributed by atoms with Crippen molar-refractivity contribution in [3.63, 3.8) is 0 Å². The monoisotopic (exact) mass is 317 g/mol. The molecule has 0 fully saturated rings. The lowest BCUT2D eigenvalue weighted by Gasteiger charge is -2.10. The number of carbonyl (C=O) groups excluding carboxylic acids is 1. The fraction of sp³-hybridized carbons (Fsp3) is 0.417. The predicted octanol–water partition coefficient (Wildman–Crippen LogP) is 3.15. The van der Waals surface area contributed by atoms with Gasteiger partial charge in [-0.2, -0.15) is 11.8 Å². The molecule has 0 radical (unpaired) electrons. The van der Waals surface area contributed by atoms with Gasteiger partial charge in [-0.1, -0.05) is 28.1 Å². The van der Waals surface area contributed by atoms with Crippen molar-refractivity contribution in [3.05, 3.63) is 24.3 Å². The molecule has 0 aliphatic carbocycles. The highest BCUT2D eigenvalue weighted by atomic mass is 79.9. The lowest BCUT2D eigenvalue weighted by molar-refractivity contribution is -0.113. The van der Waals surface area contributed by atoms with E-state index in [4.69, 9.17) is 4.74 Å². The molecule has 17 heavy (non-hydrogen) atoms. The minimum absolute atomic E-state index is 0.00287. The van der Waals surface area contributed by atoms with Gasteiger partial charge < -0.3 is 10.1 Å². The van der Waals surface area contributed by atoms with Crippen LogP contribution in [0.2, 0.25) is 0 Å². The highest BCUT2D eigenvalue weighted by Gasteiger charge is 2.06. The number of rotatable bonds is 7. The van der Waals surface area contributed by atoms with E-state index in [-0.39, 0.29) is 5.91 Å². The minimum atomic E-state index is 0.00287. The molecule has 0 saturated heterocycles. The maximum atomic E-state index is 11.6. The van der Waals surface area contributed by atoms with E-state index in [1.54, 1.807) is 11.8 Å². The Hall–Kier alpha value is -0.680. The van der Waals surface area contributed by atoms with Crippen LogP contribution in [0, 0.1) is 0 Å². The summed E-state index contributed by atoms with van der Waals surface area (Å²) in [6.07, 6.45) is 0. The fourth-order valence-corrected chi connectivity index (χ4v) is 2.45. The molecule has 0 heterocycles. The summed E-state index contributed by atoms with van der Waals surface area (Å²) in [5, 5.41) is 3.76. The summed E-state index contributed by atoms with van der Waals surface area (Å²) < 4.78 is 5.43. The van der Waals surface area contributed by atoms with Crippen LogP contribution in [0.3, 0.4) is 0 Å². The van der Waals surface area contributed by atoms with Crippen LogP contribution in [0.15, 0.2) is 24.3 Å². The van der Waals surface area contributed by atoms with E-state index in [9.17, 15) is 4.79 Å². The van der Waals surface area contributed by atoms with Crippen molar-refractivity contribution in [3.8, 4) is 5.75 Å². The summed E-state index contributed by atoms with van der Waals surface area (Å²) in [6.45, 7) is 2.51. The summed E-state index contributed by atoms with van der Waals surface area (Å²) in [5.41, 5.74) is 0.735. The third-order valence-electron chi connectivity index (χ3n) is 1.92. The molecule has 0 aliphatic heterocycles. The molecule has 1 N–H and O–H groups in total. The average Bonchev–Trinajstić information content (AvgIpc) is 2.32. The first-order valence-corrected chi connectivity index (χ1v) is 7.71. The molecular weight excluding hydrogens is 302 g/mol. The topological polar surface area (TPSA) is 38.3 Å². The van der Waals surface area contributed by atoms with Crippen molar-refractivity contribution in [2.45, 2.75) is 6.92 Å². The Bertz CT molecular complexity index is 360. The molecule has 3 nitrogen and oxygen atoms in total. The van der Waals surface area contributed by atoms with E-state index in [1.807, 2.05) is 31.2 Å². The SMILES string of the molecule is CCOc1ccccc1NC(=O)CSCCBr. The second-order valence-corrected chi connectivity index (χ2v) is 5.12. The Balaban J connectivity index is 2.52. The molecule has 0 unspecified atom stereocenters. The number of carbonyl (C=O) groups is 1. The number of benzene rings is 1. The van der Waals surface area contributed by atoms with Gasteiger partial charge in [-0.05, 0) is 19.1 Å². The molecule has 1 amide bonds. The van der Waals surface area contributed by atoms with Gasteiger partial charge in [0, 0.05) is 11.1 Å². The molecule has 0 saturated carbocycles. The third kappa shape index (κ3) is 5.46. The van der Waals surface area contributed by atoms with Gasteiger partial charge in [-0.3, -0.25) is 4.79 Å². The molecule has 0 spiro atoms. The number of alkyl halides is 1. The Morgan fingerprint density at radius 3 is 2.94 bits per heavy atom. The minimum Gasteiger partial charge on any atom is -0.492 e. The van der Waals surface area contributed by atoms with E-state index in [1.165, 1.54) is 0 Å². The Labute approximate surface area is 114 Å². The predicted molar refractivity (Wildman–Crippen MR) is 77.4 cm³/mol. The Kier molecular flexibility index (Phi) is 7.12. The zero-order valence-corrected chi connectivity index (χ0v) is 12.1. The number of hydrogen-bond donors (Lipinski definition) is 1. The highest BCUT2D eigenvalue weighted by Crippen LogP contribution is 2.23. The lowest BCUT2D eigenvalue weighted by Crippen LogP contribution is -2.15. The summed E-state index contributed by atoms with van der Waals surface area (Å²) in [7, 11) is 0. The van der Waals surface area contributed by atoms with Crippen LogP contribution in [0.1, 0.15) is 6.92 Å². The molecule has 0 aliphatic rings. The molecule has 94 valence electrons. The van der Waals surface area contributed by atoms with Crippen molar-refractivity contribution in [1.82, 2.24) is 0 Å². The number of halogens is 1. The first-order chi connectivity index (χ1) is 8.27. The summed E-state index contributed by atoms with van der Waals surface area (Å²) in [6, 6.07) is 7.47. The second-order valence-electron chi connectivity index (χ2n) is 3.22. The first kappa shape index (κ1) is 14.4.